The first-order valence-electron chi connectivity index (χ1n) is 9.83. The van der Waals surface area contributed by atoms with Crippen molar-refractivity contribution in [2.75, 3.05) is 13.2 Å². The van der Waals surface area contributed by atoms with E-state index in [1.165, 1.54) is 23.7 Å². The van der Waals surface area contributed by atoms with Crippen molar-refractivity contribution in [1.82, 2.24) is 30.4 Å². The first-order valence-corrected chi connectivity index (χ1v) is 9.83. The largest absolute Gasteiger partial charge is 0.483 e. The van der Waals surface area contributed by atoms with Gasteiger partial charge in [0.15, 0.2) is 11.6 Å². The van der Waals surface area contributed by atoms with Crippen molar-refractivity contribution in [1.29, 1.82) is 0 Å². The third-order valence-corrected chi connectivity index (χ3v) is 5.19. The normalized spacial score (nSPS) is 15.3. The number of aromatic nitrogens is 4. The topological polar surface area (TPSA) is 137 Å². The first-order chi connectivity index (χ1) is 16.3. The van der Waals surface area contributed by atoms with Crippen LogP contribution in [0.2, 0.25) is 0 Å². The molecule has 0 radical (unpaired) electrons. The lowest BCUT2D eigenvalue weighted by atomic mass is 9.77. The van der Waals surface area contributed by atoms with Gasteiger partial charge in [-0.05, 0) is 17.7 Å². The van der Waals surface area contributed by atoms with Gasteiger partial charge in [-0.1, -0.05) is 13.0 Å². The van der Waals surface area contributed by atoms with E-state index >= 15 is 0 Å². The van der Waals surface area contributed by atoms with Crippen LogP contribution in [0.1, 0.15) is 24.1 Å². The van der Waals surface area contributed by atoms with Gasteiger partial charge in [0.1, 0.15) is 42.8 Å². The molecule has 0 aliphatic carbocycles. The molecule has 1 aromatic carbocycles. The number of aliphatic hydroxyl groups is 1. The van der Waals surface area contributed by atoms with Crippen LogP contribution in [0.3, 0.4) is 0 Å². The number of rotatable bonds is 6. The molecule has 13 heteroatoms. The number of β-amino-alcohol motifs (C(OH)–C–C–N with tert-alkyl or cyclic N) is 1. The highest BCUT2D eigenvalue weighted by molar-refractivity contribution is 5.66. The van der Waals surface area contributed by atoms with Crippen molar-refractivity contribution in [2.24, 2.45) is 4.99 Å². The molecule has 178 valence electrons. The third kappa shape index (κ3) is 5.15. The minimum atomic E-state index is -1.86. The number of benzene rings is 1. The zero-order valence-electron chi connectivity index (χ0n) is 17.8. The lowest BCUT2D eigenvalue weighted by molar-refractivity contribution is -0.122. The Balaban J connectivity index is 0.00000103. The van der Waals surface area contributed by atoms with Crippen molar-refractivity contribution < 1.29 is 28.2 Å². The van der Waals surface area contributed by atoms with E-state index in [0.29, 0.717) is 6.67 Å². The van der Waals surface area contributed by atoms with Crippen molar-refractivity contribution in [3.05, 3.63) is 72.0 Å². The molecule has 34 heavy (non-hydrogen) atoms. The Hall–Kier alpha value is -3.97. The van der Waals surface area contributed by atoms with Crippen LogP contribution in [0.25, 0.3) is 11.3 Å². The SMILES string of the molecule is C[C@@H](c1ncncc1F)[C@](O)(CN1C=NCN1)c1ccc(F)cc1-c1ncncc1F.O=CO. The van der Waals surface area contributed by atoms with Crippen LogP contribution in [0.5, 0.6) is 0 Å². The van der Waals surface area contributed by atoms with Crippen molar-refractivity contribution >= 4 is 12.8 Å². The molecule has 1 aliphatic rings. The molecule has 3 N–H and O–H groups in total. The summed E-state index contributed by atoms with van der Waals surface area (Å²) < 4.78 is 43.2. The lowest BCUT2D eigenvalue weighted by Gasteiger charge is -2.38. The number of nitrogens with one attached hydrogen (secondary N) is 1. The fraction of sp³-hybridized carbons (Fsp3) is 0.238. The van der Waals surface area contributed by atoms with Crippen molar-refractivity contribution in [2.45, 2.75) is 18.4 Å². The Labute approximate surface area is 191 Å². The Kier molecular flexibility index (Phi) is 7.81. The summed E-state index contributed by atoms with van der Waals surface area (Å²) in [6, 6.07) is 3.53. The molecule has 0 saturated carbocycles. The number of hydrogen-bond acceptors (Lipinski definition) is 9. The van der Waals surface area contributed by atoms with Gasteiger partial charge in [0.2, 0.25) is 0 Å². The van der Waals surface area contributed by atoms with E-state index in [2.05, 4.69) is 30.4 Å². The molecule has 0 fully saturated rings. The molecule has 3 aromatic rings. The van der Waals surface area contributed by atoms with E-state index in [1.54, 1.807) is 6.92 Å². The van der Waals surface area contributed by atoms with Gasteiger partial charge in [0.05, 0.1) is 24.6 Å². The molecule has 0 spiro atoms. The second kappa shape index (κ2) is 10.8. The van der Waals surface area contributed by atoms with Crippen LogP contribution >= 0.6 is 0 Å². The molecular weight excluding hydrogens is 455 g/mol. The monoisotopic (exact) mass is 475 g/mol. The van der Waals surface area contributed by atoms with Crippen LogP contribution in [0, 0.1) is 17.5 Å². The number of hydrogen-bond donors (Lipinski definition) is 3. The minimum Gasteiger partial charge on any atom is -0.483 e. The zero-order valence-corrected chi connectivity index (χ0v) is 17.8. The molecule has 0 unspecified atom stereocenters. The van der Waals surface area contributed by atoms with Crippen molar-refractivity contribution in [3.8, 4) is 11.3 Å². The van der Waals surface area contributed by atoms with Crippen molar-refractivity contribution in [3.63, 3.8) is 0 Å². The molecular formula is C21H20F3N7O3. The minimum absolute atomic E-state index is 0.0138. The number of hydrazine groups is 1. The quantitative estimate of drug-likeness (QED) is 0.456. The van der Waals surface area contributed by atoms with Gasteiger partial charge in [-0.3, -0.25) is 14.8 Å². The summed E-state index contributed by atoms with van der Waals surface area (Å²) in [4.78, 5) is 27.6. The Morgan fingerprint density at radius 2 is 1.85 bits per heavy atom. The maximum atomic E-state index is 14.5. The summed E-state index contributed by atoms with van der Waals surface area (Å²) in [5, 5.41) is 20.4. The van der Waals surface area contributed by atoms with E-state index in [1.807, 2.05) is 0 Å². The van der Waals surface area contributed by atoms with Gasteiger partial charge in [-0.2, -0.15) is 0 Å². The van der Waals surface area contributed by atoms with Crippen LogP contribution in [0.4, 0.5) is 13.2 Å². The average Bonchev–Trinajstić information content (AvgIpc) is 3.32. The van der Waals surface area contributed by atoms with Gasteiger partial charge >= 0.3 is 0 Å². The number of halogens is 3. The van der Waals surface area contributed by atoms with E-state index in [9.17, 15) is 18.3 Å². The molecule has 4 rings (SSSR count). The Morgan fingerprint density at radius 1 is 1.18 bits per heavy atom. The van der Waals surface area contributed by atoms with Crippen LogP contribution in [0.15, 0.2) is 48.2 Å². The second-order valence-corrected chi connectivity index (χ2v) is 7.16. The van der Waals surface area contributed by atoms with Gasteiger partial charge < -0.3 is 10.2 Å². The summed E-state index contributed by atoms with van der Waals surface area (Å²) in [7, 11) is 0. The molecule has 1 aliphatic heterocycles. The molecule has 3 heterocycles. The summed E-state index contributed by atoms with van der Waals surface area (Å²) >= 11 is 0. The highest BCUT2D eigenvalue weighted by Gasteiger charge is 2.43. The Morgan fingerprint density at radius 3 is 2.47 bits per heavy atom. The van der Waals surface area contributed by atoms with Crippen LogP contribution in [-0.4, -0.2) is 61.2 Å². The molecule has 2 aromatic heterocycles. The van der Waals surface area contributed by atoms with Gasteiger partial charge in [0, 0.05) is 11.5 Å². The zero-order chi connectivity index (χ0) is 24.7. The maximum absolute atomic E-state index is 14.5. The van der Waals surface area contributed by atoms with Gasteiger partial charge in [-0.25, -0.2) is 38.5 Å². The van der Waals surface area contributed by atoms with E-state index < -0.39 is 29.0 Å². The number of nitrogens with zero attached hydrogens (tertiary/aromatic N) is 6. The average molecular weight is 475 g/mol. The van der Waals surface area contributed by atoms with E-state index in [-0.39, 0.29) is 35.5 Å². The molecule has 2 atom stereocenters. The summed E-state index contributed by atoms with van der Waals surface area (Å²) in [5.74, 6) is -3.10. The molecule has 0 saturated heterocycles. The van der Waals surface area contributed by atoms with E-state index in [0.717, 1.165) is 30.9 Å². The summed E-state index contributed by atoms with van der Waals surface area (Å²) in [6.45, 7) is 1.50. The standard InChI is InChI=1S/C20H18F3N7O.CH2O2/c1-12(18-16(22)5-24-8-27-18)20(31,7-30-11-26-10-29-30)15-3-2-13(21)4-14(15)19-17(23)6-25-9-28-19;2-1-3/h2-6,8-9,11-12,29,31H,7,10H2,1H3;1H,(H,2,3)/t12-,20+;/m0./s1. The highest BCUT2D eigenvalue weighted by atomic mass is 19.1. The maximum Gasteiger partial charge on any atom is 0.290 e. The van der Waals surface area contributed by atoms with Gasteiger partial charge in [0.25, 0.3) is 6.47 Å². The third-order valence-electron chi connectivity index (χ3n) is 5.19. The highest BCUT2D eigenvalue weighted by Crippen LogP contribution is 2.42. The van der Waals surface area contributed by atoms with E-state index in [4.69, 9.17) is 9.90 Å². The van der Waals surface area contributed by atoms with Gasteiger partial charge in [-0.15, -0.1) is 0 Å². The first kappa shape index (κ1) is 24.7. The predicted molar refractivity (Wildman–Crippen MR) is 114 cm³/mol. The molecule has 0 amide bonds. The number of aliphatic imine (C=N–C) groups is 1. The second-order valence-electron chi connectivity index (χ2n) is 7.16. The summed E-state index contributed by atoms with van der Waals surface area (Å²) in [6.07, 6.45) is 5.69. The Bertz CT molecular complexity index is 1180. The molecule has 10 nitrogen and oxygen atoms in total. The number of carbonyl (C=O) groups is 1. The van der Waals surface area contributed by atoms with Crippen LogP contribution in [-0.2, 0) is 10.4 Å². The molecule has 0 bridgehead atoms. The van der Waals surface area contributed by atoms with Crippen LogP contribution < -0.4 is 5.43 Å². The summed E-state index contributed by atoms with van der Waals surface area (Å²) in [5.41, 5.74) is 0.983. The number of carboxylic acid groups (broad SMARTS) is 1. The fourth-order valence-electron chi connectivity index (χ4n) is 3.59. The fourth-order valence-corrected chi connectivity index (χ4v) is 3.59. The smallest absolute Gasteiger partial charge is 0.290 e. The predicted octanol–water partition coefficient (Wildman–Crippen LogP) is 1.85. The lowest BCUT2D eigenvalue weighted by Crippen LogP contribution is -2.47.